The molecule has 2 rings (SSSR count). The van der Waals surface area contributed by atoms with E-state index in [2.05, 4.69) is 0 Å². The van der Waals surface area contributed by atoms with E-state index in [0.29, 0.717) is 24.5 Å². The van der Waals surface area contributed by atoms with Gasteiger partial charge in [-0.15, -0.1) is 0 Å². The third-order valence-corrected chi connectivity index (χ3v) is 3.53. The summed E-state index contributed by atoms with van der Waals surface area (Å²) in [6.45, 7) is 3.98. The van der Waals surface area contributed by atoms with Gasteiger partial charge in [0.1, 0.15) is 11.8 Å². The summed E-state index contributed by atoms with van der Waals surface area (Å²) in [7, 11) is 1.58. The Morgan fingerprint density at radius 3 is 2.40 bits per heavy atom. The molecule has 1 aromatic carbocycles. The highest BCUT2D eigenvalue weighted by molar-refractivity contribution is 6.10. The van der Waals surface area contributed by atoms with Crippen molar-refractivity contribution >= 4 is 17.6 Å². The van der Waals surface area contributed by atoms with Gasteiger partial charge in [0, 0.05) is 5.69 Å². The third kappa shape index (κ3) is 2.35. The highest BCUT2D eigenvalue weighted by Gasteiger charge is 2.51. The molecule has 0 N–H and O–H groups in total. The zero-order chi connectivity index (χ0) is 14.7. The molecule has 0 spiro atoms. The standard InChI is InChI=1S/C15H19NO4/c1-4-12-13(15(18)20-5-2)16(14(12)17)10-6-8-11(19-3)9-7-10/h6-9,12-13H,4-5H2,1-3H3. The van der Waals surface area contributed by atoms with Crippen LogP contribution in [0.25, 0.3) is 0 Å². The van der Waals surface area contributed by atoms with E-state index >= 15 is 0 Å². The van der Waals surface area contributed by atoms with Crippen LogP contribution in [0.1, 0.15) is 20.3 Å². The SMILES string of the molecule is CCOC(=O)C1C(CC)C(=O)N1c1ccc(OC)cc1. The summed E-state index contributed by atoms with van der Waals surface area (Å²) >= 11 is 0. The molecule has 0 saturated carbocycles. The van der Waals surface area contributed by atoms with Gasteiger partial charge in [-0.3, -0.25) is 9.69 Å². The highest BCUT2D eigenvalue weighted by Crippen LogP contribution is 2.35. The van der Waals surface area contributed by atoms with Crippen molar-refractivity contribution in [1.29, 1.82) is 0 Å². The topological polar surface area (TPSA) is 55.8 Å². The van der Waals surface area contributed by atoms with E-state index in [0.717, 1.165) is 0 Å². The number of anilines is 1. The summed E-state index contributed by atoms with van der Waals surface area (Å²) in [6.07, 6.45) is 0.634. The molecule has 1 saturated heterocycles. The number of β-lactam (4-membered cyclic amide) rings is 1. The van der Waals surface area contributed by atoms with E-state index in [4.69, 9.17) is 9.47 Å². The molecule has 0 aromatic heterocycles. The molecule has 2 atom stereocenters. The first kappa shape index (κ1) is 14.4. The lowest BCUT2D eigenvalue weighted by molar-refractivity contribution is -0.154. The summed E-state index contributed by atoms with van der Waals surface area (Å²) in [4.78, 5) is 25.7. The molecular formula is C15H19NO4. The van der Waals surface area contributed by atoms with Gasteiger partial charge in [-0.25, -0.2) is 4.79 Å². The first-order chi connectivity index (χ1) is 9.63. The van der Waals surface area contributed by atoms with Crippen molar-refractivity contribution in [2.24, 2.45) is 5.92 Å². The maximum atomic E-state index is 12.2. The average molecular weight is 277 g/mol. The molecule has 1 aliphatic heterocycles. The summed E-state index contributed by atoms with van der Waals surface area (Å²) < 4.78 is 10.2. The van der Waals surface area contributed by atoms with Gasteiger partial charge in [0.2, 0.25) is 5.91 Å². The van der Waals surface area contributed by atoms with Gasteiger partial charge >= 0.3 is 5.97 Å². The second kappa shape index (κ2) is 5.94. The zero-order valence-electron chi connectivity index (χ0n) is 12.0. The molecule has 1 aliphatic rings. The number of methoxy groups -OCH3 is 1. The number of ether oxygens (including phenoxy) is 2. The molecule has 0 radical (unpaired) electrons. The second-order valence-electron chi connectivity index (χ2n) is 4.62. The van der Waals surface area contributed by atoms with Gasteiger partial charge < -0.3 is 9.47 Å². The van der Waals surface area contributed by atoms with Gasteiger partial charge in [-0.2, -0.15) is 0 Å². The second-order valence-corrected chi connectivity index (χ2v) is 4.62. The minimum atomic E-state index is -0.513. The lowest BCUT2D eigenvalue weighted by atomic mass is 9.84. The van der Waals surface area contributed by atoms with Crippen LogP contribution in [-0.4, -0.2) is 31.6 Å². The van der Waals surface area contributed by atoms with E-state index in [1.54, 1.807) is 38.3 Å². The number of esters is 1. The Morgan fingerprint density at radius 2 is 1.90 bits per heavy atom. The predicted octanol–water partition coefficient (Wildman–Crippen LogP) is 2.00. The van der Waals surface area contributed by atoms with Crippen LogP contribution < -0.4 is 9.64 Å². The van der Waals surface area contributed by atoms with Gasteiger partial charge in [-0.1, -0.05) is 6.92 Å². The maximum Gasteiger partial charge on any atom is 0.330 e. The Morgan fingerprint density at radius 1 is 1.25 bits per heavy atom. The molecule has 1 amide bonds. The first-order valence-corrected chi connectivity index (χ1v) is 6.77. The van der Waals surface area contributed by atoms with Crippen LogP contribution in [0.15, 0.2) is 24.3 Å². The number of benzene rings is 1. The highest BCUT2D eigenvalue weighted by atomic mass is 16.5. The van der Waals surface area contributed by atoms with Crippen LogP contribution in [-0.2, 0) is 14.3 Å². The van der Waals surface area contributed by atoms with Crippen molar-refractivity contribution in [2.45, 2.75) is 26.3 Å². The lowest BCUT2D eigenvalue weighted by Crippen LogP contribution is -2.65. The number of nitrogens with zero attached hydrogens (tertiary/aromatic N) is 1. The van der Waals surface area contributed by atoms with Crippen molar-refractivity contribution in [2.75, 3.05) is 18.6 Å². The van der Waals surface area contributed by atoms with Crippen LogP contribution in [0.4, 0.5) is 5.69 Å². The van der Waals surface area contributed by atoms with E-state index in [1.165, 1.54) is 4.90 Å². The molecule has 2 unspecified atom stereocenters. The molecule has 1 aromatic rings. The van der Waals surface area contributed by atoms with E-state index in [1.807, 2.05) is 6.92 Å². The van der Waals surface area contributed by atoms with Gasteiger partial charge in [0.25, 0.3) is 0 Å². The number of hydrogen-bond donors (Lipinski definition) is 0. The van der Waals surface area contributed by atoms with Crippen molar-refractivity contribution in [3.8, 4) is 5.75 Å². The first-order valence-electron chi connectivity index (χ1n) is 6.77. The fraction of sp³-hybridized carbons (Fsp3) is 0.467. The van der Waals surface area contributed by atoms with Crippen LogP contribution >= 0.6 is 0 Å². The Bertz CT molecular complexity index is 497. The fourth-order valence-corrected chi connectivity index (χ4v) is 2.47. The normalized spacial score (nSPS) is 21.4. The van der Waals surface area contributed by atoms with E-state index in [9.17, 15) is 9.59 Å². The molecule has 5 heteroatoms. The Kier molecular flexibility index (Phi) is 4.27. The minimum absolute atomic E-state index is 0.0317. The quantitative estimate of drug-likeness (QED) is 0.610. The molecule has 1 fully saturated rings. The predicted molar refractivity (Wildman–Crippen MR) is 74.7 cm³/mol. The minimum Gasteiger partial charge on any atom is -0.497 e. The molecule has 108 valence electrons. The fourth-order valence-electron chi connectivity index (χ4n) is 2.47. The Hall–Kier alpha value is -2.04. The monoisotopic (exact) mass is 277 g/mol. The van der Waals surface area contributed by atoms with Crippen molar-refractivity contribution in [1.82, 2.24) is 0 Å². The smallest absolute Gasteiger partial charge is 0.330 e. The Balaban J connectivity index is 2.23. The number of hydrogen-bond acceptors (Lipinski definition) is 4. The van der Waals surface area contributed by atoms with Gasteiger partial charge in [0.05, 0.1) is 19.6 Å². The molecule has 0 aliphatic carbocycles. The van der Waals surface area contributed by atoms with Gasteiger partial charge in [0.15, 0.2) is 0 Å². The van der Waals surface area contributed by atoms with Crippen LogP contribution in [0.2, 0.25) is 0 Å². The van der Waals surface area contributed by atoms with Gasteiger partial charge in [-0.05, 0) is 37.6 Å². The number of carbonyl (C=O) groups excluding carboxylic acids is 2. The zero-order valence-corrected chi connectivity index (χ0v) is 12.0. The number of carbonyl (C=O) groups is 2. The van der Waals surface area contributed by atoms with Crippen LogP contribution in [0, 0.1) is 5.92 Å². The molecule has 1 heterocycles. The summed E-state index contributed by atoms with van der Waals surface area (Å²) in [5, 5.41) is 0. The molecular weight excluding hydrogens is 258 g/mol. The summed E-state index contributed by atoms with van der Waals surface area (Å²) in [6, 6.07) is 6.57. The Labute approximate surface area is 118 Å². The number of rotatable bonds is 5. The lowest BCUT2D eigenvalue weighted by Gasteiger charge is -2.45. The van der Waals surface area contributed by atoms with E-state index in [-0.39, 0.29) is 17.8 Å². The van der Waals surface area contributed by atoms with Crippen molar-refractivity contribution in [3.05, 3.63) is 24.3 Å². The van der Waals surface area contributed by atoms with Crippen molar-refractivity contribution < 1.29 is 19.1 Å². The largest absolute Gasteiger partial charge is 0.497 e. The maximum absolute atomic E-state index is 12.2. The number of amides is 1. The molecule has 20 heavy (non-hydrogen) atoms. The average Bonchev–Trinajstić information content (AvgIpc) is 2.46. The van der Waals surface area contributed by atoms with E-state index < -0.39 is 6.04 Å². The van der Waals surface area contributed by atoms with Crippen LogP contribution in [0.3, 0.4) is 0 Å². The summed E-state index contributed by atoms with van der Waals surface area (Å²) in [5.74, 6) is 0.0584. The van der Waals surface area contributed by atoms with Crippen LogP contribution in [0.5, 0.6) is 5.75 Å². The third-order valence-electron chi connectivity index (χ3n) is 3.53. The van der Waals surface area contributed by atoms with Crippen molar-refractivity contribution in [3.63, 3.8) is 0 Å². The molecule has 0 bridgehead atoms. The molecule has 5 nitrogen and oxygen atoms in total. The summed E-state index contributed by atoms with van der Waals surface area (Å²) in [5.41, 5.74) is 0.693.